The number of amides is 1. The third-order valence-electron chi connectivity index (χ3n) is 3.82. The van der Waals surface area contributed by atoms with Gasteiger partial charge in [-0.25, -0.2) is 9.97 Å². The Balaban J connectivity index is 1.82. The topological polar surface area (TPSA) is 131 Å². The first kappa shape index (κ1) is 22.3. The molecule has 0 aliphatic rings. The maximum absolute atomic E-state index is 12.3. The molecule has 0 spiro atoms. The highest BCUT2D eigenvalue weighted by atomic mass is 19.4. The molecule has 0 fully saturated rings. The molecule has 1 amide bonds. The Labute approximate surface area is 178 Å². The van der Waals surface area contributed by atoms with Gasteiger partial charge >= 0.3 is 12.0 Å². The van der Waals surface area contributed by atoms with E-state index in [0.29, 0.717) is 11.4 Å². The Bertz CT molecular complexity index is 1120. The summed E-state index contributed by atoms with van der Waals surface area (Å²) >= 11 is 0. The number of hydrogen-bond acceptors (Lipinski definition) is 8. The molecule has 0 atom stereocenters. The molecule has 3 N–H and O–H groups in total. The van der Waals surface area contributed by atoms with Crippen LogP contribution in [0.1, 0.15) is 6.92 Å². The van der Waals surface area contributed by atoms with E-state index >= 15 is 0 Å². The number of nitrogens with one attached hydrogen (secondary N) is 3. The van der Waals surface area contributed by atoms with Gasteiger partial charge in [-0.2, -0.15) is 0 Å². The van der Waals surface area contributed by atoms with Crippen molar-refractivity contribution >= 4 is 40.3 Å². The molecule has 1 heterocycles. The number of carbonyl (C=O) groups excluding carboxylic acids is 1. The van der Waals surface area contributed by atoms with E-state index in [9.17, 15) is 28.1 Å². The molecule has 0 aliphatic heterocycles. The predicted octanol–water partition coefficient (Wildman–Crippen LogP) is 4.73. The first-order chi connectivity index (χ1) is 15.1. The minimum atomic E-state index is -4.83. The van der Waals surface area contributed by atoms with Crippen LogP contribution in [0.15, 0.2) is 54.9 Å². The van der Waals surface area contributed by atoms with Crippen molar-refractivity contribution in [2.24, 2.45) is 0 Å². The molecule has 0 saturated heterocycles. The lowest BCUT2D eigenvalue weighted by atomic mass is 10.2. The van der Waals surface area contributed by atoms with E-state index in [1.54, 1.807) is 24.3 Å². The highest BCUT2D eigenvalue weighted by molar-refractivity contribution is 5.89. The monoisotopic (exact) mass is 448 g/mol. The van der Waals surface area contributed by atoms with Crippen LogP contribution in [0.25, 0.3) is 0 Å². The van der Waals surface area contributed by atoms with E-state index < -0.39 is 22.7 Å². The fraction of sp³-hybridized carbons (Fsp3) is 0.105. The number of rotatable bonds is 7. The highest BCUT2D eigenvalue weighted by Gasteiger charge is 2.31. The van der Waals surface area contributed by atoms with Crippen molar-refractivity contribution in [3.63, 3.8) is 0 Å². The van der Waals surface area contributed by atoms with Gasteiger partial charge in [0.25, 0.3) is 0 Å². The Kier molecular flexibility index (Phi) is 6.37. The summed E-state index contributed by atoms with van der Waals surface area (Å²) in [6.07, 6.45) is -3.74. The minimum Gasteiger partial charge on any atom is -0.406 e. The second-order valence-corrected chi connectivity index (χ2v) is 6.26. The molecule has 0 saturated carbocycles. The Morgan fingerprint density at radius 2 is 1.41 bits per heavy atom. The summed E-state index contributed by atoms with van der Waals surface area (Å²) in [6, 6.07) is 11.0. The van der Waals surface area contributed by atoms with Gasteiger partial charge in [-0.05, 0) is 48.5 Å². The van der Waals surface area contributed by atoms with E-state index in [1.165, 1.54) is 19.1 Å². The Morgan fingerprint density at radius 1 is 0.938 bits per heavy atom. The van der Waals surface area contributed by atoms with Crippen LogP contribution in [0.3, 0.4) is 0 Å². The predicted molar refractivity (Wildman–Crippen MR) is 109 cm³/mol. The van der Waals surface area contributed by atoms with Crippen molar-refractivity contribution in [3.05, 3.63) is 65.0 Å². The molecule has 0 aliphatic carbocycles. The van der Waals surface area contributed by atoms with E-state index in [4.69, 9.17) is 0 Å². The molecule has 0 radical (unpaired) electrons. The number of hydrogen-bond donors (Lipinski definition) is 3. The van der Waals surface area contributed by atoms with Crippen molar-refractivity contribution in [3.8, 4) is 5.75 Å². The number of benzene rings is 2. The van der Waals surface area contributed by atoms with Crippen molar-refractivity contribution in [2.75, 3.05) is 16.0 Å². The van der Waals surface area contributed by atoms with Crippen LogP contribution in [-0.2, 0) is 4.79 Å². The number of halogens is 3. The molecule has 10 nitrogen and oxygen atoms in total. The molecule has 3 rings (SSSR count). The molecule has 3 aromatic rings. The number of aromatic nitrogens is 2. The second kappa shape index (κ2) is 9.16. The minimum absolute atomic E-state index is 0.114. The SMILES string of the molecule is CC(=O)Nc1ccc(Nc2ncnc(Nc3ccc(OC(F)(F)F)cc3)c2[N+](=O)[O-])cc1. The van der Waals surface area contributed by atoms with Gasteiger partial charge in [0.05, 0.1) is 4.92 Å². The third-order valence-corrected chi connectivity index (χ3v) is 3.82. The zero-order valence-corrected chi connectivity index (χ0v) is 16.3. The number of ether oxygens (including phenoxy) is 1. The summed E-state index contributed by atoms with van der Waals surface area (Å²) in [7, 11) is 0. The Hall–Kier alpha value is -4.42. The molecule has 1 aromatic heterocycles. The summed E-state index contributed by atoms with van der Waals surface area (Å²) in [5.74, 6) is -0.972. The third kappa shape index (κ3) is 6.04. The maximum Gasteiger partial charge on any atom is 0.573 e. The van der Waals surface area contributed by atoms with Crippen molar-refractivity contribution in [2.45, 2.75) is 13.3 Å². The number of anilines is 5. The molecular formula is C19H15F3N6O4. The van der Waals surface area contributed by atoms with E-state index in [-0.39, 0.29) is 23.2 Å². The van der Waals surface area contributed by atoms with Gasteiger partial charge in [-0.3, -0.25) is 14.9 Å². The fourth-order valence-electron chi connectivity index (χ4n) is 2.59. The standard InChI is InChI=1S/C19H15F3N6O4/c1-11(29)25-12-2-4-13(5-3-12)26-17-16(28(30)31)18(24-10-23-17)27-14-6-8-15(9-7-14)32-19(20,21)22/h2-10H,1H3,(H,25,29)(H2,23,24,26,27). The molecule has 2 aromatic carbocycles. The second-order valence-electron chi connectivity index (χ2n) is 6.26. The van der Waals surface area contributed by atoms with Gasteiger partial charge in [0, 0.05) is 24.0 Å². The van der Waals surface area contributed by atoms with Gasteiger partial charge in [-0.1, -0.05) is 0 Å². The fourth-order valence-corrected chi connectivity index (χ4v) is 2.59. The molecule has 0 bridgehead atoms. The van der Waals surface area contributed by atoms with Crippen LogP contribution in [0.2, 0.25) is 0 Å². The number of nitrogens with zero attached hydrogens (tertiary/aromatic N) is 3. The van der Waals surface area contributed by atoms with Crippen LogP contribution in [0, 0.1) is 10.1 Å². The van der Waals surface area contributed by atoms with Crippen LogP contribution in [0.5, 0.6) is 5.75 Å². The summed E-state index contributed by atoms with van der Waals surface area (Å²) in [6.45, 7) is 1.36. The molecule has 0 unspecified atom stereocenters. The number of carbonyl (C=O) groups is 1. The first-order valence-corrected chi connectivity index (χ1v) is 8.87. The van der Waals surface area contributed by atoms with Crippen LogP contribution in [0.4, 0.5) is 47.6 Å². The largest absolute Gasteiger partial charge is 0.573 e. The van der Waals surface area contributed by atoms with E-state index in [1.807, 2.05) is 0 Å². The summed E-state index contributed by atoms with van der Waals surface area (Å²) in [4.78, 5) is 29.8. The van der Waals surface area contributed by atoms with E-state index in [2.05, 4.69) is 30.7 Å². The highest BCUT2D eigenvalue weighted by Crippen LogP contribution is 2.33. The van der Waals surface area contributed by atoms with Crippen LogP contribution in [-0.4, -0.2) is 27.2 Å². The van der Waals surface area contributed by atoms with Gasteiger partial charge in [-0.15, -0.1) is 13.2 Å². The molecule has 32 heavy (non-hydrogen) atoms. The smallest absolute Gasteiger partial charge is 0.406 e. The lowest BCUT2D eigenvalue weighted by molar-refractivity contribution is -0.383. The quantitative estimate of drug-likeness (QED) is 0.349. The summed E-state index contributed by atoms with van der Waals surface area (Å²) in [5.41, 5.74) is 0.766. The lowest BCUT2D eigenvalue weighted by Gasteiger charge is -2.12. The molecule has 13 heteroatoms. The van der Waals surface area contributed by atoms with E-state index in [0.717, 1.165) is 18.5 Å². The average Bonchev–Trinajstić information content (AvgIpc) is 2.69. The van der Waals surface area contributed by atoms with Crippen LogP contribution >= 0.6 is 0 Å². The Morgan fingerprint density at radius 3 is 1.84 bits per heavy atom. The van der Waals surface area contributed by atoms with Crippen molar-refractivity contribution in [1.29, 1.82) is 0 Å². The van der Waals surface area contributed by atoms with Gasteiger partial charge in [0.1, 0.15) is 12.1 Å². The van der Waals surface area contributed by atoms with Gasteiger partial charge < -0.3 is 20.7 Å². The average molecular weight is 448 g/mol. The molecular weight excluding hydrogens is 433 g/mol. The van der Waals surface area contributed by atoms with Gasteiger partial charge in [0.15, 0.2) is 0 Å². The maximum atomic E-state index is 12.3. The number of alkyl halides is 3. The molecule has 166 valence electrons. The van der Waals surface area contributed by atoms with Gasteiger partial charge in [0.2, 0.25) is 17.5 Å². The normalized spacial score (nSPS) is 10.9. The first-order valence-electron chi connectivity index (χ1n) is 8.87. The van der Waals surface area contributed by atoms with Crippen LogP contribution < -0.4 is 20.7 Å². The summed E-state index contributed by atoms with van der Waals surface area (Å²) in [5, 5.41) is 19.7. The van der Waals surface area contributed by atoms with Crippen molar-refractivity contribution < 1.29 is 27.6 Å². The lowest BCUT2D eigenvalue weighted by Crippen LogP contribution is -2.17. The zero-order chi connectivity index (χ0) is 23.3. The summed E-state index contributed by atoms with van der Waals surface area (Å²) < 4.78 is 40.6. The van der Waals surface area contributed by atoms with Crippen molar-refractivity contribution in [1.82, 2.24) is 9.97 Å². The number of nitro groups is 1. The zero-order valence-electron chi connectivity index (χ0n) is 16.3.